The molecule has 0 aliphatic carbocycles. The first-order valence-corrected chi connectivity index (χ1v) is 8.93. The summed E-state index contributed by atoms with van der Waals surface area (Å²) in [5.74, 6) is 2.00. The fourth-order valence-electron chi connectivity index (χ4n) is 2.85. The number of para-hydroxylation sites is 1. The molecule has 1 aromatic heterocycles. The molecule has 2 heterocycles. The van der Waals surface area contributed by atoms with E-state index in [1.807, 2.05) is 29.2 Å². The molecule has 9 heteroatoms. The Balaban J connectivity index is 1.59. The summed E-state index contributed by atoms with van der Waals surface area (Å²) in [4.78, 5) is 20.0. The molecule has 1 N–H and O–H groups in total. The van der Waals surface area contributed by atoms with Crippen molar-refractivity contribution in [1.82, 2.24) is 20.1 Å². The summed E-state index contributed by atoms with van der Waals surface area (Å²) >= 11 is 0. The molecule has 3 rings (SSSR count). The molecule has 0 unspecified atom stereocenters. The number of hydrogen-bond acceptors (Lipinski definition) is 8. The van der Waals surface area contributed by atoms with Crippen molar-refractivity contribution in [3.63, 3.8) is 0 Å². The van der Waals surface area contributed by atoms with E-state index in [9.17, 15) is 4.79 Å². The zero-order valence-electron chi connectivity index (χ0n) is 15.6. The maximum absolute atomic E-state index is 11.8. The van der Waals surface area contributed by atoms with Crippen LogP contribution in [0.4, 0.5) is 16.6 Å². The van der Waals surface area contributed by atoms with Gasteiger partial charge in [-0.3, -0.25) is 0 Å². The molecule has 1 aromatic carbocycles. The second-order valence-corrected chi connectivity index (χ2v) is 5.98. The zero-order valence-corrected chi connectivity index (χ0v) is 15.6. The molecule has 2 aromatic rings. The number of amides is 1. The number of benzene rings is 1. The molecule has 0 radical (unpaired) electrons. The first-order valence-electron chi connectivity index (χ1n) is 8.93. The molecular formula is C18H24N6O3. The molecule has 1 amide bonds. The Bertz CT molecular complexity index is 764. The van der Waals surface area contributed by atoms with Gasteiger partial charge in [0.1, 0.15) is 5.75 Å². The van der Waals surface area contributed by atoms with Gasteiger partial charge in [-0.25, -0.2) is 4.79 Å². The summed E-state index contributed by atoms with van der Waals surface area (Å²) in [6.07, 6.45) is 1.32. The van der Waals surface area contributed by atoms with Gasteiger partial charge in [0, 0.05) is 38.3 Å². The van der Waals surface area contributed by atoms with E-state index in [0.29, 0.717) is 51.1 Å². The van der Waals surface area contributed by atoms with Gasteiger partial charge in [-0.15, -0.1) is 5.10 Å². The molecule has 0 spiro atoms. The van der Waals surface area contributed by atoms with Crippen LogP contribution in [0.25, 0.3) is 0 Å². The number of ether oxygens (including phenoxy) is 2. The lowest BCUT2D eigenvalue weighted by Crippen LogP contribution is -2.49. The number of methoxy groups -OCH3 is 1. The Kier molecular flexibility index (Phi) is 6.24. The summed E-state index contributed by atoms with van der Waals surface area (Å²) in [5, 5.41) is 11.4. The van der Waals surface area contributed by atoms with E-state index < -0.39 is 0 Å². The van der Waals surface area contributed by atoms with Gasteiger partial charge >= 0.3 is 6.09 Å². The molecule has 0 saturated carbocycles. The second-order valence-electron chi connectivity index (χ2n) is 5.98. The number of nitrogens with one attached hydrogen (secondary N) is 1. The highest BCUT2D eigenvalue weighted by atomic mass is 16.6. The van der Waals surface area contributed by atoms with Crippen molar-refractivity contribution in [3.05, 3.63) is 36.0 Å². The SMILES string of the molecule is CCOC(=O)N1CCN(c2nncc(NCc3ccccc3OC)n2)CC1. The van der Waals surface area contributed by atoms with E-state index in [-0.39, 0.29) is 6.09 Å². The zero-order chi connectivity index (χ0) is 19.1. The van der Waals surface area contributed by atoms with Crippen LogP contribution in [-0.2, 0) is 11.3 Å². The third-order valence-corrected chi connectivity index (χ3v) is 4.29. The molecule has 9 nitrogen and oxygen atoms in total. The number of rotatable bonds is 6. The fourth-order valence-corrected chi connectivity index (χ4v) is 2.85. The summed E-state index contributed by atoms with van der Waals surface area (Å²) in [6.45, 7) is 5.16. The summed E-state index contributed by atoms with van der Waals surface area (Å²) in [7, 11) is 1.65. The molecule has 1 saturated heterocycles. The highest BCUT2D eigenvalue weighted by Crippen LogP contribution is 2.19. The number of aromatic nitrogens is 3. The van der Waals surface area contributed by atoms with Crippen molar-refractivity contribution >= 4 is 17.9 Å². The smallest absolute Gasteiger partial charge is 0.409 e. The monoisotopic (exact) mass is 372 g/mol. The van der Waals surface area contributed by atoms with Gasteiger partial charge in [-0.1, -0.05) is 18.2 Å². The summed E-state index contributed by atoms with van der Waals surface area (Å²) < 4.78 is 10.4. The molecule has 1 fully saturated rings. The minimum Gasteiger partial charge on any atom is -0.496 e. The van der Waals surface area contributed by atoms with Gasteiger partial charge in [0.25, 0.3) is 0 Å². The maximum Gasteiger partial charge on any atom is 0.409 e. The molecule has 1 aliphatic heterocycles. The van der Waals surface area contributed by atoms with Gasteiger partial charge in [0.2, 0.25) is 5.95 Å². The first kappa shape index (κ1) is 18.7. The predicted molar refractivity (Wildman–Crippen MR) is 101 cm³/mol. The van der Waals surface area contributed by atoms with Crippen molar-refractivity contribution in [2.75, 3.05) is 50.1 Å². The van der Waals surface area contributed by atoms with Gasteiger partial charge in [-0.05, 0) is 13.0 Å². The lowest BCUT2D eigenvalue weighted by Gasteiger charge is -2.33. The third kappa shape index (κ3) is 4.75. The van der Waals surface area contributed by atoms with Crippen molar-refractivity contribution in [1.29, 1.82) is 0 Å². The van der Waals surface area contributed by atoms with Gasteiger partial charge in [0.05, 0.1) is 19.9 Å². The lowest BCUT2D eigenvalue weighted by atomic mass is 10.2. The Hall–Kier alpha value is -3.10. The normalized spacial score (nSPS) is 14.0. The summed E-state index contributed by atoms with van der Waals surface area (Å²) in [6, 6.07) is 7.81. The van der Waals surface area contributed by atoms with Crippen molar-refractivity contribution < 1.29 is 14.3 Å². The average Bonchev–Trinajstić information content (AvgIpc) is 2.73. The van der Waals surface area contributed by atoms with Crippen LogP contribution in [-0.4, -0.2) is 66.1 Å². The molecule has 0 atom stereocenters. The first-order chi connectivity index (χ1) is 13.2. The van der Waals surface area contributed by atoms with Crippen LogP contribution in [0.15, 0.2) is 30.5 Å². The fraction of sp³-hybridized carbons (Fsp3) is 0.444. The average molecular weight is 372 g/mol. The Morgan fingerprint density at radius 2 is 2.00 bits per heavy atom. The van der Waals surface area contributed by atoms with E-state index in [0.717, 1.165) is 11.3 Å². The minimum atomic E-state index is -0.275. The van der Waals surface area contributed by atoms with Crippen LogP contribution in [0.5, 0.6) is 5.75 Å². The maximum atomic E-state index is 11.8. The van der Waals surface area contributed by atoms with Crippen LogP contribution >= 0.6 is 0 Å². The van der Waals surface area contributed by atoms with Gasteiger partial charge < -0.3 is 24.6 Å². The van der Waals surface area contributed by atoms with E-state index in [4.69, 9.17) is 9.47 Å². The number of carbonyl (C=O) groups is 1. The quantitative estimate of drug-likeness (QED) is 0.820. The van der Waals surface area contributed by atoms with Crippen molar-refractivity contribution in [2.24, 2.45) is 0 Å². The van der Waals surface area contributed by atoms with Gasteiger partial charge in [-0.2, -0.15) is 10.1 Å². The largest absolute Gasteiger partial charge is 0.496 e. The Labute approximate surface area is 158 Å². The van der Waals surface area contributed by atoms with Crippen molar-refractivity contribution in [3.8, 4) is 5.75 Å². The van der Waals surface area contributed by atoms with E-state index >= 15 is 0 Å². The highest BCUT2D eigenvalue weighted by molar-refractivity contribution is 5.68. The van der Waals surface area contributed by atoms with Crippen LogP contribution in [0, 0.1) is 0 Å². The third-order valence-electron chi connectivity index (χ3n) is 4.29. The minimum absolute atomic E-state index is 0.275. The predicted octanol–water partition coefficient (Wildman–Crippen LogP) is 1.77. The Morgan fingerprint density at radius 3 is 2.74 bits per heavy atom. The molecule has 144 valence electrons. The van der Waals surface area contributed by atoms with E-state index in [1.165, 1.54) is 0 Å². The number of anilines is 2. The van der Waals surface area contributed by atoms with Crippen LogP contribution in [0.3, 0.4) is 0 Å². The van der Waals surface area contributed by atoms with Gasteiger partial charge in [0.15, 0.2) is 5.82 Å². The summed E-state index contributed by atoms with van der Waals surface area (Å²) in [5.41, 5.74) is 1.03. The number of nitrogens with zero attached hydrogens (tertiary/aromatic N) is 5. The number of hydrogen-bond donors (Lipinski definition) is 1. The second kappa shape index (κ2) is 9.02. The number of piperazine rings is 1. The van der Waals surface area contributed by atoms with Crippen LogP contribution < -0.4 is 15.0 Å². The standard InChI is InChI=1S/C18H24N6O3/c1-3-27-18(25)24-10-8-23(9-11-24)17-21-16(13-20-22-17)19-12-14-6-4-5-7-15(14)26-2/h4-7,13H,3,8-12H2,1-2H3,(H,19,21,22). The molecule has 27 heavy (non-hydrogen) atoms. The van der Waals surface area contributed by atoms with Crippen LogP contribution in [0.1, 0.15) is 12.5 Å². The Morgan fingerprint density at radius 1 is 1.22 bits per heavy atom. The number of carbonyl (C=O) groups excluding carboxylic acids is 1. The van der Waals surface area contributed by atoms with E-state index in [2.05, 4.69) is 20.5 Å². The highest BCUT2D eigenvalue weighted by Gasteiger charge is 2.23. The molecule has 1 aliphatic rings. The van der Waals surface area contributed by atoms with E-state index in [1.54, 1.807) is 25.1 Å². The topological polar surface area (TPSA) is 92.7 Å². The molecule has 0 bridgehead atoms. The van der Waals surface area contributed by atoms with Crippen LogP contribution in [0.2, 0.25) is 0 Å². The van der Waals surface area contributed by atoms with Crippen molar-refractivity contribution in [2.45, 2.75) is 13.5 Å². The lowest BCUT2D eigenvalue weighted by molar-refractivity contribution is 0.105. The molecular weight excluding hydrogens is 348 g/mol.